The standard InChI is InChI=1S/C15H14N4O2/c16-14(21)11-8-13(20)19(9-11)15-17-7-6-12(18-15)10-4-2-1-3-5-10/h1-7,11H,8-9H2,(H2,16,21). The lowest BCUT2D eigenvalue weighted by atomic mass is 10.1. The van der Waals surface area contributed by atoms with E-state index < -0.39 is 11.8 Å². The summed E-state index contributed by atoms with van der Waals surface area (Å²) in [5.74, 6) is -0.805. The maximum Gasteiger partial charge on any atom is 0.232 e. The van der Waals surface area contributed by atoms with E-state index in [1.807, 2.05) is 30.3 Å². The molecular formula is C15H14N4O2. The number of aromatic nitrogens is 2. The zero-order chi connectivity index (χ0) is 14.8. The number of rotatable bonds is 3. The van der Waals surface area contributed by atoms with E-state index in [1.165, 1.54) is 4.90 Å². The van der Waals surface area contributed by atoms with E-state index in [9.17, 15) is 9.59 Å². The second kappa shape index (κ2) is 5.32. The number of anilines is 1. The monoisotopic (exact) mass is 282 g/mol. The van der Waals surface area contributed by atoms with Crippen LogP contribution in [0.15, 0.2) is 42.6 Å². The molecule has 0 aliphatic carbocycles. The summed E-state index contributed by atoms with van der Waals surface area (Å²) in [5.41, 5.74) is 6.94. The van der Waals surface area contributed by atoms with Crippen molar-refractivity contribution in [2.45, 2.75) is 6.42 Å². The smallest absolute Gasteiger partial charge is 0.232 e. The molecule has 0 bridgehead atoms. The molecule has 1 aliphatic heterocycles. The first kappa shape index (κ1) is 13.2. The van der Waals surface area contributed by atoms with Crippen LogP contribution in [0.1, 0.15) is 6.42 Å². The molecule has 2 heterocycles. The van der Waals surface area contributed by atoms with Gasteiger partial charge in [0, 0.05) is 24.7 Å². The minimum atomic E-state index is -0.471. The predicted octanol–water partition coefficient (Wildman–Crippen LogP) is 0.982. The van der Waals surface area contributed by atoms with E-state index in [2.05, 4.69) is 9.97 Å². The average Bonchev–Trinajstić information content (AvgIpc) is 2.91. The van der Waals surface area contributed by atoms with Gasteiger partial charge in [0.05, 0.1) is 11.6 Å². The number of carbonyl (C=O) groups is 2. The summed E-state index contributed by atoms with van der Waals surface area (Å²) < 4.78 is 0. The Hall–Kier alpha value is -2.76. The molecule has 3 rings (SSSR count). The van der Waals surface area contributed by atoms with E-state index >= 15 is 0 Å². The summed E-state index contributed by atoms with van der Waals surface area (Å²) in [7, 11) is 0. The van der Waals surface area contributed by atoms with Gasteiger partial charge in [0.1, 0.15) is 0 Å². The Morgan fingerprint density at radius 2 is 2.00 bits per heavy atom. The van der Waals surface area contributed by atoms with Crippen molar-refractivity contribution in [2.24, 2.45) is 11.7 Å². The summed E-state index contributed by atoms with van der Waals surface area (Å²) in [6, 6.07) is 11.4. The number of hydrogen-bond donors (Lipinski definition) is 1. The third-order valence-corrected chi connectivity index (χ3v) is 3.48. The van der Waals surface area contributed by atoms with E-state index in [1.54, 1.807) is 12.3 Å². The lowest BCUT2D eigenvalue weighted by molar-refractivity contribution is -0.123. The quantitative estimate of drug-likeness (QED) is 0.908. The second-order valence-electron chi connectivity index (χ2n) is 4.92. The lowest BCUT2D eigenvalue weighted by Gasteiger charge is -2.14. The fourth-order valence-electron chi connectivity index (χ4n) is 2.34. The highest BCUT2D eigenvalue weighted by molar-refractivity contribution is 5.98. The third-order valence-electron chi connectivity index (χ3n) is 3.48. The minimum Gasteiger partial charge on any atom is -0.369 e. The van der Waals surface area contributed by atoms with Crippen LogP contribution in [0.4, 0.5) is 5.95 Å². The van der Waals surface area contributed by atoms with Crippen LogP contribution in [0, 0.1) is 5.92 Å². The topological polar surface area (TPSA) is 89.2 Å². The molecule has 2 aromatic rings. The van der Waals surface area contributed by atoms with Gasteiger partial charge in [0.2, 0.25) is 17.8 Å². The molecule has 6 nitrogen and oxygen atoms in total. The highest BCUT2D eigenvalue weighted by Crippen LogP contribution is 2.24. The zero-order valence-electron chi connectivity index (χ0n) is 11.3. The molecule has 1 aromatic carbocycles. The van der Waals surface area contributed by atoms with Crippen LogP contribution in [0.5, 0.6) is 0 Å². The molecule has 6 heteroatoms. The highest BCUT2D eigenvalue weighted by atomic mass is 16.2. The maximum absolute atomic E-state index is 12.0. The minimum absolute atomic E-state index is 0.119. The Morgan fingerprint density at radius 3 is 2.67 bits per heavy atom. The number of hydrogen-bond acceptors (Lipinski definition) is 4. The van der Waals surface area contributed by atoms with Gasteiger partial charge in [-0.3, -0.25) is 14.5 Å². The molecule has 1 unspecified atom stereocenters. The van der Waals surface area contributed by atoms with Crippen molar-refractivity contribution >= 4 is 17.8 Å². The van der Waals surface area contributed by atoms with Crippen molar-refractivity contribution in [3.63, 3.8) is 0 Å². The molecule has 1 atom stereocenters. The number of nitrogens with zero attached hydrogens (tertiary/aromatic N) is 3. The lowest BCUT2D eigenvalue weighted by Crippen LogP contribution is -2.29. The van der Waals surface area contributed by atoms with Gasteiger partial charge in [-0.05, 0) is 6.07 Å². The molecule has 1 fully saturated rings. The van der Waals surface area contributed by atoms with Gasteiger partial charge in [0.15, 0.2) is 0 Å². The molecule has 1 aliphatic rings. The molecule has 0 spiro atoms. The maximum atomic E-state index is 12.0. The molecule has 0 saturated carbocycles. The van der Waals surface area contributed by atoms with Crippen molar-refractivity contribution in [1.82, 2.24) is 9.97 Å². The van der Waals surface area contributed by atoms with E-state index in [0.29, 0.717) is 5.95 Å². The van der Waals surface area contributed by atoms with Crippen LogP contribution in [0.3, 0.4) is 0 Å². The summed E-state index contributed by atoms with van der Waals surface area (Å²) in [4.78, 5) is 33.2. The van der Waals surface area contributed by atoms with Crippen LogP contribution in [-0.4, -0.2) is 28.3 Å². The average molecular weight is 282 g/mol. The molecule has 21 heavy (non-hydrogen) atoms. The Labute approximate surface area is 121 Å². The van der Waals surface area contributed by atoms with E-state index in [0.717, 1.165) is 11.3 Å². The summed E-state index contributed by atoms with van der Waals surface area (Å²) in [6.07, 6.45) is 1.73. The zero-order valence-corrected chi connectivity index (χ0v) is 11.3. The van der Waals surface area contributed by atoms with Crippen molar-refractivity contribution in [2.75, 3.05) is 11.4 Å². The molecule has 2 N–H and O–H groups in total. The first-order valence-corrected chi connectivity index (χ1v) is 6.63. The van der Waals surface area contributed by atoms with Crippen LogP contribution in [0.25, 0.3) is 11.3 Å². The van der Waals surface area contributed by atoms with E-state index in [4.69, 9.17) is 5.73 Å². The molecule has 1 saturated heterocycles. The number of amides is 2. The molecule has 0 radical (unpaired) electrons. The van der Waals surface area contributed by atoms with Gasteiger partial charge >= 0.3 is 0 Å². The number of benzene rings is 1. The molecule has 1 aromatic heterocycles. The summed E-state index contributed by atoms with van der Waals surface area (Å²) in [5, 5.41) is 0. The molecule has 2 amide bonds. The first-order chi connectivity index (χ1) is 10.1. The fraction of sp³-hybridized carbons (Fsp3) is 0.200. The van der Waals surface area contributed by atoms with Crippen molar-refractivity contribution in [3.8, 4) is 11.3 Å². The van der Waals surface area contributed by atoms with Gasteiger partial charge in [-0.2, -0.15) is 0 Å². The van der Waals surface area contributed by atoms with Gasteiger partial charge in [0.25, 0.3) is 0 Å². The number of nitrogens with two attached hydrogens (primary N) is 1. The van der Waals surface area contributed by atoms with Crippen LogP contribution in [0.2, 0.25) is 0 Å². The third kappa shape index (κ3) is 2.60. The fourth-order valence-corrected chi connectivity index (χ4v) is 2.34. The van der Waals surface area contributed by atoms with Crippen LogP contribution >= 0.6 is 0 Å². The van der Waals surface area contributed by atoms with Crippen LogP contribution in [-0.2, 0) is 9.59 Å². The second-order valence-corrected chi connectivity index (χ2v) is 4.92. The van der Waals surface area contributed by atoms with Crippen LogP contribution < -0.4 is 10.6 Å². The van der Waals surface area contributed by atoms with Gasteiger partial charge in [-0.15, -0.1) is 0 Å². The Balaban J connectivity index is 1.90. The summed E-state index contributed by atoms with van der Waals surface area (Å²) >= 11 is 0. The Morgan fingerprint density at radius 1 is 1.24 bits per heavy atom. The number of primary amides is 1. The van der Waals surface area contributed by atoms with E-state index in [-0.39, 0.29) is 18.9 Å². The van der Waals surface area contributed by atoms with Crippen molar-refractivity contribution in [1.29, 1.82) is 0 Å². The van der Waals surface area contributed by atoms with Crippen molar-refractivity contribution < 1.29 is 9.59 Å². The first-order valence-electron chi connectivity index (χ1n) is 6.63. The normalized spacial score (nSPS) is 18.0. The highest BCUT2D eigenvalue weighted by Gasteiger charge is 2.35. The van der Waals surface area contributed by atoms with Gasteiger partial charge in [-0.1, -0.05) is 30.3 Å². The predicted molar refractivity (Wildman–Crippen MR) is 77.1 cm³/mol. The Bertz CT molecular complexity index is 687. The molecular weight excluding hydrogens is 268 g/mol. The SMILES string of the molecule is NC(=O)C1CC(=O)N(c2nccc(-c3ccccc3)n2)C1. The van der Waals surface area contributed by atoms with Crippen molar-refractivity contribution in [3.05, 3.63) is 42.6 Å². The molecule has 106 valence electrons. The summed E-state index contributed by atoms with van der Waals surface area (Å²) in [6.45, 7) is 0.242. The number of carbonyl (C=O) groups excluding carboxylic acids is 2. The van der Waals surface area contributed by atoms with Gasteiger partial charge < -0.3 is 5.73 Å². The van der Waals surface area contributed by atoms with Gasteiger partial charge in [-0.25, -0.2) is 9.97 Å². The largest absolute Gasteiger partial charge is 0.369 e. The Kier molecular flexibility index (Phi) is 3.35.